The van der Waals surface area contributed by atoms with E-state index in [9.17, 15) is 19.5 Å². The molecule has 4 atom stereocenters. The summed E-state index contributed by atoms with van der Waals surface area (Å²) in [5.41, 5.74) is 0.940. The number of thiocarbonyl (C=S) groups is 1. The van der Waals surface area contributed by atoms with Crippen LogP contribution in [-0.2, 0) is 20.9 Å². The Morgan fingerprint density at radius 1 is 1.32 bits per heavy atom. The number of nitrogens with one attached hydrogen (secondary N) is 2. The monoisotopic (exact) mass is 402 g/mol. The van der Waals surface area contributed by atoms with Crippen molar-refractivity contribution in [3.8, 4) is 0 Å². The summed E-state index contributed by atoms with van der Waals surface area (Å²) in [6, 6.07) is 9.22. The number of nitrogens with zero attached hydrogens (tertiary/aromatic N) is 2. The van der Waals surface area contributed by atoms with Gasteiger partial charge in [0.15, 0.2) is 5.11 Å². The molecule has 5 rings (SSSR count). The summed E-state index contributed by atoms with van der Waals surface area (Å²) in [6.07, 6.45) is 0.312. The van der Waals surface area contributed by atoms with E-state index in [1.807, 2.05) is 30.3 Å². The third kappa shape index (κ3) is 1.93. The number of carboxylic acids is 1. The van der Waals surface area contributed by atoms with Crippen LogP contribution in [0.3, 0.4) is 0 Å². The summed E-state index contributed by atoms with van der Waals surface area (Å²) in [5, 5.41) is 13.9. The van der Waals surface area contributed by atoms with Crippen LogP contribution in [0.5, 0.6) is 0 Å². The smallest absolute Gasteiger partial charge is 0.412 e. The Balaban J connectivity index is 1.51. The van der Waals surface area contributed by atoms with Crippen LogP contribution in [0, 0.1) is 11.8 Å². The first-order valence-electron chi connectivity index (χ1n) is 9.06. The second kappa shape index (κ2) is 5.65. The highest BCUT2D eigenvalue weighted by atomic mass is 32.1. The maximum atomic E-state index is 13.0. The molecule has 2 amide bonds. The van der Waals surface area contributed by atoms with Gasteiger partial charge in [-0.3, -0.25) is 19.8 Å². The first kappa shape index (κ1) is 17.4. The lowest BCUT2D eigenvalue weighted by atomic mass is 9.79. The van der Waals surface area contributed by atoms with E-state index in [0.717, 1.165) is 5.56 Å². The van der Waals surface area contributed by atoms with Crippen molar-refractivity contribution in [2.24, 2.45) is 11.8 Å². The molecule has 28 heavy (non-hydrogen) atoms. The number of carbonyl (C=O) groups is 3. The normalized spacial score (nSPS) is 35.0. The average molecular weight is 402 g/mol. The molecule has 9 nitrogen and oxygen atoms in total. The van der Waals surface area contributed by atoms with Gasteiger partial charge in [0, 0.05) is 12.5 Å². The lowest BCUT2D eigenvalue weighted by Gasteiger charge is -2.35. The fraction of sp³-hybridized carbons (Fsp3) is 0.444. The molecule has 1 aliphatic carbocycles. The Morgan fingerprint density at radius 3 is 2.79 bits per heavy atom. The molecule has 10 heteroatoms. The second-order valence-corrected chi connectivity index (χ2v) is 8.02. The van der Waals surface area contributed by atoms with E-state index in [1.54, 1.807) is 0 Å². The van der Waals surface area contributed by atoms with Gasteiger partial charge in [-0.1, -0.05) is 30.3 Å². The van der Waals surface area contributed by atoms with Crippen molar-refractivity contribution in [2.75, 3.05) is 6.54 Å². The Labute approximate surface area is 165 Å². The van der Waals surface area contributed by atoms with Gasteiger partial charge in [-0.15, -0.1) is 0 Å². The number of hydrogen-bond acceptors (Lipinski definition) is 6. The fourth-order valence-corrected chi connectivity index (χ4v) is 5.61. The first-order valence-corrected chi connectivity index (χ1v) is 9.47. The number of rotatable bonds is 3. The van der Waals surface area contributed by atoms with Gasteiger partial charge in [-0.05, 0) is 36.5 Å². The number of amides is 2. The van der Waals surface area contributed by atoms with Crippen molar-refractivity contribution in [1.29, 1.82) is 0 Å². The maximum Gasteiger partial charge on any atom is 0.412 e. The largest absolute Gasteiger partial charge is 0.480 e. The first-order chi connectivity index (χ1) is 13.4. The fourth-order valence-electron chi connectivity index (χ4n) is 5.33. The van der Waals surface area contributed by atoms with Crippen molar-refractivity contribution >= 4 is 35.3 Å². The number of aliphatic carboxylic acids is 1. The van der Waals surface area contributed by atoms with Crippen molar-refractivity contribution in [2.45, 2.75) is 30.7 Å². The van der Waals surface area contributed by atoms with Gasteiger partial charge in [-0.2, -0.15) is 0 Å². The highest BCUT2D eigenvalue weighted by molar-refractivity contribution is 7.80. The van der Waals surface area contributed by atoms with Crippen LogP contribution in [0.25, 0.3) is 0 Å². The second-order valence-electron chi connectivity index (χ2n) is 7.64. The van der Waals surface area contributed by atoms with Crippen LogP contribution in [0.4, 0.5) is 4.79 Å². The Bertz CT molecular complexity index is 910. The minimum absolute atomic E-state index is 0.0607. The lowest BCUT2D eigenvalue weighted by Crippen LogP contribution is -2.61. The molecule has 0 bridgehead atoms. The zero-order chi connectivity index (χ0) is 19.7. The van der Waals surface area contributed by atoms with E-state index < -0.39 is 35.1 Å². The molecular weight excluding hydrogens is 384 g/mol. The number of carbonyl (C=O) groups excluding carboxylic acids is 2. The standard InChI is InChI=1S/C18H18N4O5S/c23-13-18-12-11(6-7-17(12,14(24)25)20-22(18)15(28)19-13)8-21(18)16(26)27-9-10-4-2-1-3-5-10/h1-5,11-12,20H,6-9H2,(H,24,25)(H,19,23,28)/t11-,12+,17-,18+/m0/s1. The molecular formula is C18H18N4O5S. The van der Waals surface area contributed by atoms with Crippen molar-refractivity contribution < 1.29 is 24.2 Å². The molecule has 3 heterocycles. The zero-order valence-electron chi connectivity index (χ0n) is 14.8. The quantitative estimate of drug-likeness (QED) is 0.624. The average Bonchev–Trinajstić information content (AvgIpc) is 3.36. The number of carboxylic acid groups (broad SMARTS) is 1. The van der Waals surface area contributed by atoms with Crippen LogP contribution in [0.2, 0.25) is 0 Å². The zero-order valence-corrected chi connectivity index (χ0v) is 15.6. The molecule has 0 radical (unpaired) electrons. The van der Waals surface area contributed by atoms with Gasteiger partial charge in [0.1, 0.15) is 12.1 Å². The molecule has 1 aromatic carbocycles. The number of benzene rings is 1. The molecule has 1 saturated carbocycles. The molecule has 4 fully saturated rings. The van der Waals surface area contributed by atoms with Gasteiger partial charge in [0.05, 0.1) is 0 Å². The van der Waals surface area contributed by atoms with Crippen LogP contribution in [0.1, 0.15) is 18.4 Å². The minimum atomic E-state index is -1.51. The maximum absolute atomic E-state index is 13.0. The predicted molar refractivity (Wildman–Crippen MR) is 98.4 cm³/mol. The van der Waals surface area contributed by atoms with Gasteiger partial charge in [0.2, 0.25) is 5.66 Å². The Hall–Kier alpha value is -2.72. The summed E-state index contributed by atoms with van der Waals surface area (Å²) in [5.74, 6) is -2.27. The van der Waals surface area contributed by atoms with Gasteiger partial charge in [0.25, 0.3) is 5.91 Å². The molecule has 4 aliphatic rings. The molecule has 146 valence electrons. The minimum Gasteiger partial charge on any atom is -0.480 e. The van der Waals surface area contributed by atoms with Gasteiger partial charge < -0.3 is 9.84 Å². The molecule has 0 unspecified atom stereocenters. The predicted octanol–water partition coefficient (Wildman–Crippen LogP) is 0.420. The molecule has 1 spiro atoms. The summed E-state index contributed by atoms with van der Waals surface area (Å²) in [6.45, 7) is 0.312. The number of ether oxygens (including phenoxy) is 1. The van der Waals surface area contributed by atoms with E-state index in [2.05, 4.69) is 10.7 Å². The van der Waals surface area contributed by atoms with Crippen molar-refractivity contribution in [3.05, 3.63) is 35.9 Å². The molecule has 1 aromatic rings. The van der Waals surface area contributed by atoms with Crippen LogP contribution in [-0.4, -0.2) is 55.8 Å². The van der Waals surface area contributed by atoms with Gasteiger partial charge >= 0.3 is 12.1 Å². The molecule has 3 saturated heterocycles. The van der Waals surface area contributed by atoms with E-state index in [0.29, 0.717) is 12.8 Å². The van der Waals surface area contributed by atoms with E-state index in [4.69, 9.17) is 17.0 Å². The van der Waals surface area contributed by atoms with E-state index >= 15 is 0 Å². The number of likely N-dealkylation sites (tertiary alicyclic amines) is 1. The highest BCUT2D eigenvalue weighted by Gasteiger charge is 2.81. The summed E-state index contributed by atoms with van der Waals surface area (Å²) < 4.78 is 5.47. The summed E-state index contributed by atoms with van der Waals surface area (Å²) >= 11 is 5.25. The van der Waals surface area contributed by atoms with E-state index in [1.165, 1.54) is 9.91 Å². The van der Waals surface area contributed by atoms with Crippen LogP contribution < -0.4 is 10.7 Å². The molecule has 3 aliphatic heterocycles. The molecule has 0 aromatic heterocycles. The van der Waals surface area contributed by atoms with Crippen LogP contribution >= 0.6 is 12.2 Å². The Kier molecular flexibility index (Phi) is 3.50. The number of hydrogen-bond donors (Lipinski definition) is 3. The Morgan fingerprint density at radius 2 is 2.07 bits per heavy atom. The van der Waals surface area contributed by atoms with Crippen molar-refractivity contribution in [3.63, 3.8) is 0 Å². The third-order valence-corrected chi connectivity index (χ3v) is 6.68. The van der Waals surface area contributed by atoms with Crippen LogP contribution in [0.15, 0.2) is 30.3 Å². The lowest BCUT2D eigenvalue weighted by molar-refractivity contribution is -0.146. The van der Waals surface area contributed by atoms with E-state index in [-0.39, 0.29) is 24.2 Å². The number of hydrazine groups is 1. The molecule has 3 N–H and O–H groups in total. The highest BCUT2D eigenvalue weighted by Crippen LogP contribution is 2.59. The van der Waals surface area contributed by atoms with Gasteiger partial charge in [-0.25, -0.2) is 15.2 Å². The SMILES string of the molecule is O=C(OCc1ccccc1)N1C[C@@H]2CC[C@]3(C(=O)O)NN4C(=S)NC(=O)[C@]14[C@H]23. The summed E-state index contributed by atoms with van der Waals surface area (Å²) in [4.78, 5) is 39.5. The third-order valence-electron chi connectivity index (χ3n) is 6.39. The topological polar surface area (TPSA) is 111 Å². The van der Waals surface area contributed by atoms with Crippen molar-refractivity contribution in [1.82, 2.24) is 20.7 Å². The summed E-state index contributed by atoms with van der Waals surface area (Å²) in [7, 11) is 0.